The Morgan fingerprint density at radius 3 is 2.62 bits per heavy atom. The summed E-state index contributed by atoms with van der Waals surface area (Å²) < 4.78 is 34.3. The van der Waals surface area contributed by atoms with E-state index in [0.717, 1.165) is 68.4 Å². The lowest BCUT2D eigenvalue weighted by Gasteiger charge is -2.33. The van der Waals surface area contributed by atoms with Crippen molar-refractivity contribution >= 4 is 20.8 Å². The van der Waals surface area contributed by atoms with Crippen LogP contribution in [-0.4, -0.2) is 52.8 Å². The molecule has 3 aromatic rings. The van der Waals surface area contributed by atoms with Gasteiger partial charge in [0.1, 0.15) is 5.75 Å². The van der Waals surface area contributed by atoms with Crippen LogP contribution in [0, 0.1) is 5.92 Å². The summed E-state index contributed by atoms with van der Waals surface area (Å²) in [7, 11) is -1.79. The lowest BCUT2D eigenvalue weighted by molar-refractivity contribution is 0.161. The largest absolute Gasteiger partial charge is 0.497 e. The van der Waals surface area contributed by atoms with E-state index in [0.29, 0.717) is 23.4 Å². The maximum atomic E-state index is 13.0. The van der Waals surface area contributed by atoms with Gasteiger partial charge >= 0.3 is 0 Å². The topological polar surface area (TPSA) is 70.7 Å². The molecule has 1 aliphatic carbocycles. The van der Waals surface area contributed by atoms with E-state index in [1.807, 2.05) is 36.4 Å². The summed E-state index contributed by atoms with van der Waals surface area (Å²) in [4.78, 5) is 2.87. The van der Waals surface area contributed by atoms with Crippen LogP contribution in [0.2, 0.25) is 0 Å². The first-order chi connectivity index (χ1) is 18.0. The lowest BCUT2D eigenvalue weighted by Crippen LogP contribution is -2.44. The van der Waals surface area contributed by atoms with Crippen LogP contribution in [0.15, 0.2) is 65.6 Å². The van der Waals surface area contributed by atoms with Gasteiger partial charge < -0.3 is 10.1 Å². The zero-order valence-corrected chi connectivity index (χ0v) is 22.6. The molecule has 0 bridgehead atoms. The second-order valence-electron chi connectivity index (χ2n) is 10.5. The van der Waals surface area contributed by atoms with Crippen LogP contribution in [0.3, 0.4) is 0 Å². The van der Waals surface area contributed by atoms with Crippen molar-refractivity contribution in [1.29, 1.82) is 0 Å². The van der Waals surface area contributed by atoms with Crippen molar-refractivity contribution in [3.63, 3.8) is 0 Å². The Morgan fingerprint density at radius 1 is 0.973 bits per heavy atom. The van der Waals surface area contributed by atoms with Gasteiger partial charge in [0.25, 0.3) is 0 Å². The minimum absolute atomic E-state index is 0.367. The zero-order valence-electron chi connectivity index (χ0n) is 21.8. The van der Waals surface area contributed by atoms with E-state index in [1.54, 1.807) is 13.2 Å². The van der Waals surface area contributed by atoms with Gasteiger partial charge in [0, 0.05) is 24.6 Å². The first-order valence-corrected chi connectivity index (χ1v) is 15.1. The Hall–Kier alpha value is -2.45. The number of piperidine rings is 1. The number of hydrogen-bond donors (Lipinski definition) is 2. The molecule has 0 aromatic heterocycles. The molecular formula is C30H39N3O3S. The fraction of sp³-hybridized carbons (Fsp3) is 0.467. The van der Waals surface area contributed by atoms with Crippen molar-refractivity contribution in [2.75, 3.05) is 33.4 Å². The van der Waals surface area contributed by atoms with E-state index in [4.69, 9.17) is 4.74 Å². The Bertz CT molecular complexity index is 1300. The van der Waals surface area contributed by atoms with Crippen LogP contribution >= 0.6 is 0 Å². The van der Waals surface area contributed by atoms with Gasteiger partial charge in [-0.3, -0.25) is 4.90 Å². The first kappa shape index (κ1) is 26.2. The van der Waals surface area contributed by atoms with Crippen molar-refractivity contribution in [2.24, 2.45) is 5.92 Å². The van der Waals surface area contributed by atoms with E-state index in [2.05, 4.69) is 33.1 Å². The van der Waals surface area contributed by atoms with Crippen LogP contribution in [0.1, 0.15) is 43.2 Å². The molecule has 1 atom stereocenters. The summed E-state index contributed by atoms with van der Waals surface area (Å²) in [5.74, 6) is 1.50. The normalized spacial score (nSPS) is 19.4. The number of nitrogens with one attached hydrogen (secondary N) is 2. The third-order valence-corrected chi connectivity index (χ3v) is 9.59. The number of aryl methyl sites for hydroxylation is 1. The highest BCUT2D eigenvalue weighted by Gasteiger charge is 2.23. The second kappa shape index (κ2) is 11.9. The van der Waals surface area contributed by atoms with Crippen molar-refractivity contribution in [2.45, 2.75) is 55.9 Å². The highest BCUT2D eigenvalue weighted by Crippen LogP contribution is 2.26. The predicted octanol–water partition coefficient (Wildman–Crippen LogP) is 4.72. The van der Waals surface area contributed by atoms with Gasteiger partial charge in [-0.05, 0) is 98.7 Å². The number of benzene rings is 3. The number of methoxy groups -OCH3 is 1. The van der Waals surface area contributed by atoms with E-state index in [9.17, 15) is 8.42 Å². The quantitative estimate of drug-likeness (QED) is 0.399. The summed E-state index contributed by atoms with van der Waals surface area (Å²) in [6, 6.07) is 20.1. The van der Waals surface area contributed by atoms with Crippen LogP contribution in [0.5, 0.6) is 5.75 Å². The van der Waals surface area contributed by atoms with E-state index < -0.39 is 10.0 Å². The van der Waals surface area contributed by atoms with Crippen molar-refractivity contribution in [3.8, 4) is 5.75 Å². The second-order valence-corrected chi connectivity index (χ2v) is 12.3. The van der Waals surface area contributed by atoms with Crippen LogP contribution < -0.4 is 14.8 Å². The molecule has 1 unspecified atom stereocenters. The summed E-state index contributed by atoms with van der Waals surface area (Å²) in [5.41, 5.74) is 2.88. The van der Waals surface area contributed by atoms with Gasteiger partial charge in [-0.15, -0.1) is 0 Å². The summed E-state index contributed by atoms with van der Waals surface area (Å²) >= 11 is 0. The van der Waals surface area contributed by atoms with E-state index >= 15 is 0 Å². The highest BCUT2D eigenvalue weighted by atomic mass is 32.2. The Kier molecular flexibility index (Phi) is 8.45. The molecule has 1 heterocycles. The van der Waals surface area contributed by atoms with Gasteiger partial charge in [-0.2, -0.15) is 0 Å². The van der Waals surface area contributed by atoms with Gasteiger partial charge in [0.15, 0.2) is 0 Å². The number of rotatable bonds is 9. The number of hydrogen-bond acceptors (Lipinski definition) is 5. The van der Waals surface area contributed by atoms with Gasteiger partial charge in [-0.25, -0.2) is 13.1 Å². The number of ether oxygens (including phenoxy) is 1. The maximum Gasteiger partial charge on any atom is 0.241 e. The summed E-state index contributed by atoms with van der Waals surface area (Å²) in [5, 5.41) is 5.53. The van der Waals surface area contributed by atoms with E-state index in [1.165, 1.54) is 24.0 Å². The molecular weight excluding hydrogens is 482 g/mol. The SMILES string of the molecule is COc1ccc2c(c1)CC(NCN1CCC(CCNS(=O)(=O)c3cccc4ccccc34)CC1)CCC2. The standard InChI is InChI=1S/C30H39N3O3S/c1-36-28-13-12-24-7-4-9-27(20-26(24)21-28)31-22-33-18-15-23(16-19-33)14-17-32-37(34,35)30-11-5-8-25-6-2-3-10-29(25)30/h2-3,5-6,8,10-13,21,23,27,31-32H,4,7,9,14-20,22H2,1H3. The number of nitrogens with zero attached hydrogens (tertiary/aromatic N) is 1. The molecule has 6 nitrogen and oxygen atoms in total. The van der Waals surface area contributed by atoms with Crippen molar-refractivity contribution < 1.29 is 13.2 Å². The predicted molar refractivity (Wildman–Crippen MR) is 149 cm³/mol. The fourth-order valence-corrected chi connectivity index (χ4v) is 7.12. The monoisotopic (exact) mass is 521 g/mol. The molecule has 1 saturated heterocycles. The average Bonchev–Trinajstić information content (AvgIpc) is 3.13. The molecule has 37 heavy (non-hydrogen) atoms. The molecule has 198 valence electrons. The molecule has 0 radical (unpaired) electrons. The average molecular weight is 522 g/mol. The Balaban J connectivity index is 1.06. The molecule has 7 heteroatoms. The highest BCUT2D eigenvalue weighted by molar-refractivity contribution is 7.89. The number of sulfonamides is 1. The van der Waals surface area contributed by atoms with Crippen LogP contribution in [-0.2, 0) is 22.9 Å². The third kappa shape index (κ3) is 6.52. The molecule has 2 N–H and O–H groups in total. The molecule has 3 aromatic carbocycles. The third-order valence-electron chi connectivity index (χ3n) is 8.07. The molecule has 1 aliphatic heterocycles. The fourth-order valence-electron chi connectivity index (χ4n) is 5.84. The Morgan fingerprint density at radius 2 is 1.78 bits per heavy atom. The molecule has 0 saturated carbocycles. The number of likely N-dealkylation sites (tertiary alicyclic amines) is 1. The minimum atomic E-state index is -3.53. The molecule has 5 rings (SSSR count). The molecule has 1 fully saturated rings. The van der Waals surface area contributed by atoms with Gasteiger partial charge in [0.05, 0.1) is 12.0 Å². The first-order valence-electron chi connectivity index (χ1n) is 13.6. The van der Waals surface area contributed by atoms with Crippen LogP contribution in [0.25, 0.3) is 10.8 Å². The lowest BCUT2D eigenvalue weighted by atomic mass is 9.94. The smallest absolute Gasteiger partial charge is 0.241 e. The van der Waals surface area contributed by atoms with Gasteiger partial charge in [0.2, 0.25) is 10.0 Å². The molecule has 2 aliphatic rings. The minimum Gasteiger partial charge on any atom is -0.497 e. The maximum absolute atomic E-state index is 13.0. The number of fused-ring (bicyclic) bond motifs is 2. The van der Waals surface area contributed by atoms with E-state index in [-0.39, 0.29) is 0 Å². The van der Waals surface area contributed by atoms with Crippen LogP contribution in [0.4, 0.5) is 0 Å². The van der Waals surface area contributed by atoms with Gasteiger partial charge in [-0.1, -0.05) is 42.5 Å². The summed E-state index contributed by atoms with van der Waals surface area (Å²) in [6.45, 7) is 3.53. The van der Waals surface area contributed by atoms with Crippen molar-refractivity contribution in [3.05, 3.63) is 71.8 Å². The molecule has 0 spiro atoms. The van der Waals surface area contributed by atoms with Crippen molar-refractivity contribution in [1.82, 2.24) is 14.9 Å². The zero-order chi connectivity index (χ0) is 25.7. The summed E-state index contributed by atoms with van der Waals surface area (Å²) in [6.07, 6.45) is 7.72. The Labute approximate surface area is 221 Å². The molecule has 0 amide bonds.